The number of nitrogens with zero attached hydrogens (tertiary/aromatic N) is 2. The summed E-state index contributed by atoms with van der Waals surface area (Å²) in [4.78, 5) is 4.67. The van der Waals surface area contributed by atoms with E-state index in [1.54, 1.807) is 12.1 Å². The summed E-state index contributed by atoms with van der Waals surface area (Å²) in [5.74, 6) is 1.35. The van der Waals surface area contributed by atoms with E-state index >= 15 is 0 Å². The molecule has 2 aromatic carbocycles. The number of sulfonamides is 1. The smallest absolute Gasteiger partial charge is 0.240 e. The lowest BCUT2D eigenvalue weighted by molar-refractivity contribution is 0.414. The molecule has 0 fully saturated rings. The average Bonchev–Trinajstić information content (AvgIpc) is 3.14. The molecule has 3 rings (SSSR count). The maximum absolute atomic E-state index is 12.4. The second kappa shape index (κ2) is 9.13. The highest BCUT2D eigenvalue weighted by molar-refractivity contribution is 7.89. The van der Waals surface area contributed by atoms with Crippen molar-refractivity contribution in [2.45, 2.75) is 24.3 Å². The summed E-state index contributed by atoms with van der Waals surface area (Å²) in [6.45, 7) is 2.11. The van der Waals surface area contributed by atoms with Crippen LogP contribution >= 0.6 is 11.5 Å². The fourth-order valence-electron chi connectivity index (χ4n) is 2.50. The van der Waals surface area contributed by atoms with Crippen LogP contribution < -0.4 is 14.8 Å². The van der Waals surface area contributed by atoms with Gasteiger partial charge in [-0.15, -0.1) is 0 Å². The number of methoxy groups -OCH3 is 1. The van der Waals surface area contributed by atoms with Crippen molar-refractivity contribution >= 4 is 26.7 Å². The van der Waals surface area contributed by atoms with Gasteiger partial charge in [-0.3, -0.25) is 0 Å². The zero-order chi connectivity index (χ0) is 20.0. The molecular formula is C19H22N4O3S2. The van der Waals surface area contributed by atoms with Crippen LogP contribution in [0.3, 0.4) is 0 Å². The van der Waals surface area contributed by atoms with Crippen molar-refractivity contribution in [2.24, 2.45) is 0 Å². The van der Waals surface area contributed by atoms with E-state index in [1.807, 2.05) is 37.3 Å². The molecule has 0 aliphatic rings. The summed E-state index contributed by atoms with van der Waals surface area (Å²) in [6, 6.07) is 16.1. The predicted molar refractivity (Wildman–Crippen MR) is 110 cm³/mol. The Morgan fingerprint density at radius 1 is 1.11 bits per heavy atom. The minimum Gasteiger partial charge on any atom is -0.497 e. The summed E-state index contributed by atoms with van der Waals surface area (Å²) >= 11 is 1.27. The second-order valence-corrected chi connectivity index (χ2v) is 8.77. The van der Waals surface area contributed by atoms with Crippen molar-refractivity contribution in [3.8, 4) is 5.75 Å². The third kappa shape index (κ3) is 5.51. The van der Waals surface area contributed by atoms with E-state index in [9.17, 15) is 8.42 Å². The molecule has 148 valence electrons. The van der Waals surface area contributed by atoms with Crippen molar-refractivity contribution in [2.75, 3.05) is 19.0 Å². The van der Waals surface area contributed by atoms with Gasteiger partial charge in [0.2, 0.25) is 15.2 Å². The van der Waals surface area contributed by atoms with Gasteiger partial charge in [-0.2, -0.15) is 4.37 Å². The Morgan fingerprint density at radius 2 is 1.82 bits per heavy atom. The Bertz CT molecular complexity index is 990. The molecule has 0 saturated carbocycles. The zero-order valence-electron chi connectivity index (χ0n) is 15.6. The minimum atomic E-state index is -3.59. The van der Waals surface area contributed by atoms with Crippen molar-refractivity contribution < 1.29 is 13.2 Å². The highest BCUT2D eigenvalue weighted by Crippen LogP contribution is 2.17. The summed E-state index contributed by atoms with van der Waals surface area (Å²) in [7, 11) is -2.05. The van der Waals surface area contributed by atoms with E-state index in [4.69, 9.17) is 4.74 Å². The number of rotatable bonds is 9. The van der Waals surface area contributed by atoms with Gasteiger partial charge in [0.25, 0.3) is 0 Å². The van der Waals surface area contributed by atoms with Crippen LogP contribution in [0.25, 0.3) is 0 Å². The molecule has 7 nitrogen and oxygen atoms in total. The topological polar surface area (TPSA) is 93.2 Å². The van der Waals surface area contributed by atoms with Crippen LogP contribution in [0.15, 0.2) is 59.5 Å². The van der Waals surface area contributed by atoms with Crippen LogP contribution in [0, 0.1) is 0 Å². The number of ether oxygens (including phenoxy) is 1. The lowest BCUT2D eigenvalue weighted by Gasteiger charge is -2.14. The highest BCUT2D eigenvalue weighted by atomic mass is 32.2. The fraction of sp³-hybridized carbons (Fsp3) is 0.263. The highest BCUT2D eigenvalue weighted by Gasteiger charge is 2.16. The molecule has 0 amide bonds. The van der Waals surface area contributed by atoms with Gasteiger partial charge in [0.05, 0.1) is 12.0 Å². The van der Waals surface area contributed by atoms with E-state index in [1.165, 1.54) is 30.8 Å². The Hall–Kier alpha value is -2.49. The van der Waals surface area contributed by atoms with Crippen LogP contribution in [-0.2, 0) is 16.4 Å². The molecule has 3 aromatic rings. The van der Waals surface area contributed by atoms with Crippen LogP contribution in [0.5, 0.6) is 5.75 Å². The first kappa shape index (κ1) is 20.2. The van der Waals surface area contributed by atoms with E-state index in [2.05, 4.69) is 19.4 Å². The zero-order valence-corrected chi connectivity index (χ0v) is 17.3. The predicted octanol–water partition coefficient (Wildman–Crippen LogP) is 2.92. The van der Waals surface area contributed by atoms with E-state index in [-0.39, 0.29) is 17.5 Å². The lowest BCUT2D eigenvalue weighted by atomic mass is 10.1. The largest absolute Gasteiger partial charge is 0.497 e. The maximum atomic E-state index is 12.4. The molecule has 1 unspecified atom stereocenters. The van der Waals surface area contributed by atoms with Crippen molar-refractivity contribution in [1.29, 1.82) is 0 Å². The summed E-state index contributed by atoms with van der Waals surface area (Å²) < 4.78 is 36.8. The van der Waals surface area contributed by atoms with Gasteiger partial charge < -0.3 is 10.1 Å². The number of nitrogens with one attached hydrogen (secondary N) is 2. The summed E-state index contributed by atoms with van der Waals surface area (Å²) in [5, 5.41) is 3.86. The van der Waals surface area contributed by atoms with Gasteiger partial charge in [0, 0.05) is 30.5 Å². The molecule has 9 heteroatoms. The molecular weight excluding hydrogens is 396 g/mol. The first-order valence-electron chi connectivity index (χ1n) is 8.73. The van der Waals surface area contributed by atoms with Gasteiger partial charge in [-0.1, -0.05) is 30.3 Å². The number of hydrogen-bond donors (Lipinski definition) is 2. The van der Waals surface area contributed by atoms with Crippen molar-refractivity contribution in [1.82, 2.24) is 14.1 Å². The number of anilines is 1. The molecule has 0 aliphatic heterocycles. The van der Waals surface area contributed by atoms with E-state index < -0.39 is 10.0 Å². The van der Waals surface area contributed by atoms with Crippen LogP contribution in [0.2, 0.25) is 0 Å². The fourth-order valence-corrected chi connectivity index (χ4v) is 4.33. The molecule has 28 heavy (non-hydrogen) atoms. The molecule has 2 N–H and O–H groups in total. The number of hydrogen-bond acceptors (Lipinski definition) is 7. The Balaban J connectivity index is 1.53. The Kier molecular flexibility index (Phi) is 6.61. The molecule has 0 bridgehead atoms. The van der Waals surface area contributed by atoms with Gasteiger partial charge in [0.15, 0.2) is 0 Å². The molecule has 0 saturated heterocycles. The van der Waals surface area contributed by atoms with Crippen molar-refractivity contribution in [3.05, 3.63) is 66.0 Å². The monoisotopic (exact) mass is 418 g/mol. The van der Waals surface area contributed by atoms with Gasteiger partial charge in [-0.25, -0.2) is 18.1 Å². The number of benzene rings is 2. The number of aromatic nitrogens is 2. The van der Waals surface area contributed by atoms with Crippen LogP contribution in [-0.4, -0.2) is 37.5 Å². The average molecular weight is 419 g/mol. The maximum Gasteiger partial charge on any atom is 0.240 e. The minimum absolute atomic E-state index is 0.148. The Morgan fingerprint density at radius 3 is 2.50 bits per heavy atom. The third-order valence-electron chi connectivity index (χ3n) is 3.99. The van der Waals surface area contributed by atoms with Gasteiger partial charge in [-0.05, 0) is 36.8 Å². The normalized spacial score (nSPS) is 12.5. The van der Waals surface area contributed by atoms with Gasteiger partial charge in [0.1, 0.15) is 11.6 Å². The SMILES string of the molecule is COc1ccc(S(=O)(=O)NCC(C)Nc2nc(Cc3ccccc3)ns2)cc1. The second-order valence-electron chi connectivity index (χ2n) is 6.25. The molecule has 0 aliphatic carbocycles. The molecule has 1 aromatic heterocycles. The first-order valence-corrected chi connectivity index (χ1v) is 11.0. The molecule has 0 spiro atoms. The molecule has 0 radical (unpaired) electrons. The van der Waals surface area contributed by atoms with Gasteiger partial charge >= 0.3 is 0 Å². The summed E-state index contributed by atoms with van der Waals surface area (Å²) in [5.41, 5.74) is 1.15. The van der Waals surface area contributed by atoms with E-state index in [0.29, 0.717) is 17.3 Å². The van der Waals surface area contributed by atoms with Crippen molar-refractivity contribution in [3.63, 3.8) is 0 Å². The first-order chi connectivity index (χ1) is 13.5. The molecule has 1 heterocycles. The lowest BCUT2D eigenvalue weighted by Crippen LogP contribution is -2.34. The molecule has 1 atom stereocenters. The van der Waals surface area contributed by atoms with E-state index in [0.717, 1.165) is 11.4 Å². The van der Waals surface area contributed by atoms with Crippen LogP contribution in [0.1, 0.15) is 18.3 Å². The van der Waals surface area contributed by atoms with Crippen LogP contribution in [0.4, 0.5) is 5.13 Å². The Labute approximate surface area is 169 Å². The standard InChI is InChI=1S/C19H22N4O3S2/c1-14(13-20-28(24,25)17-10-8-16(26-2)9-11-17)21-19-22-18(23-27-19)12-15-6-4-3-5-7-15/h3-11,14,20H,12-13H2,1-2H3,(H,21,22,23). The quantitative estimate of drug-likeness (QED) is 0.555. The summed E-state index contributed by atoms with van der Waals surface area (Å²) in [6.07, 6.45) is 0.664. The third-order valence-corrected chi connectivity index (χ3v) is 6.12.